The van der Waals surface area contributed by atoms with Crippen LogP contribution in [0.15, 0.2) is 17.5 Å². The minimum atomic E-state index is 1.01. The van der Waals surface area contributed by atoms with Crippen LogP contribution in [0.4, 0.5) is 0 Å². The summed E-state index contributed by atoms with van der Waals surface area (Å²) in [5, 5.41) is 2.07. The first-order valence-electron chi connectivity index (χ1n) is 2.71. The third-order valence-electron chi connectivity index (χ3n) is 0.872. The van der Waals surface area contributed by atoms with Gasteiger partial charge in [0.25, 0.3) is 0 Å². The van der Waals surface area contributed by atoms with E-state index in [0.717, 1.165) is 6.42 Å². The molecule has 0 N–H and O–H groups in total. The highest BCUT2D eigenvalue weighted by atomic mass is 32.1. The van der Waals surface area contributed by atoms with Gasteiger partial charge in [0.05, 0.1) is 0 Å². The SMILES string of the molecule is CC[C]c1cccs1. The molecule has 1 aromatic rings. The molecule has 0 aliphatic heterocycles. The first kappa shape index (κ1) is 5.83. The Morgan fingerprint density at radius 2 is 2.62 bits per heavy atom. The fourth-order valence-corrected chi connectivity index (χ4v) is 1.24. The quantitative estimate of drug-likeness (QED) is 0.568. The second kappa shape index (κ2) is 2.88. The van der Waals surface area contributed by atoms with Crippen LogP contribution in [-0.2, 0) is 0 Å². The predicted molar refractivity (Wildman–Crippen MR) is 37.0 cm³/mol. The zero-order valence-electron chi connectivity index (χ0n) is 4.85. The third-order valence-corrected chi connectivity index (χ3v) is 1.70. The highest BCUT2D eigenvalue weighted by Gasteiger charge is 1.88. The maximum atomic E-state index is 3.21. The van der Waals surface area contributed by atoms with E-state index in [1.165, 1.54) is 4.88 Å². The van der Waals surface area contributed by atoms with Crippen LogP contribution in [0, 0.1) is 6.42 Å². The average molecular weight is 124 g/mol. The Balaban J connectivity index is 2.50. The molecule has 2 radical (unpaired) electrons. The van der Waals surface area contributed by atoms with E-state index in [1.807, 2.05) is 6.07 Å². The third kappa shape index (κ3) is 1.34. The molecule has 0 aromatic carbocycles. The van der Waals surface area contributed by atoms with Crippen molar-refractivity contribution in [1.82, 2.24) is 0 Å². The van der Waals surface area contributed by atoms with Gasteiger partial charge in [0, 0.05) is 11.3 Å². The lowest BCUT2D eigenvalue weighted by molar-refractivity contribution is 1.14. The fraction of sp³-hybridized carbons (Fsp3) is 0.286. The molecule has 0 aliphatic rings. The lowest BCUT2D eigenvalue weighted by atomic mass is 10.3. The Hall–Kier alpha value is -0.300. The standard InChI is InChI=1S/C7H8S/c1-2-4-7-5-3-6-8-7/h3,5-6H,2H2,1H3. The van der Waals surface area contributed by atoms with Crippen molar-refractivity contribution in [3.8, 4) is 0 Å². The van der Waals surface area contributed by atoms with Crippen LogP contribution in [-0.4, -0.2) is 0 Å². The smallest absolute Gasteiger partial charge is 0.0272 e. The molecule has 0 spiro atoms. The molecule has 1 heterocycles. The van der Waals surface area contributed by atoms with Crippen molar-refractivity contribution < 1.29 is 0 Å². The Bertz CT molecular complexity index is 130. The highest BCUT2D eigenvalue weighted by molar-refractivity contribution is 7.10. The van der Waals surface area contributed by atoms with Crippen molar-refractivity contribution in [3.63, 3.8) is 0 Å². The van der Waals surface area contributed by atoms with Crippen molar-refractivity contribution in [2.24, 2.45) is 0 Å². The molecule has 0 unspecified atom stereocenters. The fourth-order valence-electron chi connectivity index (χ4n) is 0.553. The van der Waals surface area contributed by atoms with E-state index in [0.29, 0.717) is 0 Å². The van der Waals surface area contributed by atoms with Crippen LogP contribution in [0.3, 0.4) is 0 Å². The minimum absolute atomic E-state index is 1.01. The van der Waals surface area contributed by atoms with Gasteiger partial charge in [-0.3, -0.25) is 0 Å². The summed E-state index contributed by atoms with van der Waals surface area (Å²) >= 11 is 1.74. The number of thiophene rings is 1. The summed E-state index contributed by atoms with van der Waals surface area (Å²) in [5.41, 5.74) is 0. The topological polar surface area (TPSA) is 0 Å². The molecule has 0 aliphatic carbocycles. The summed E-state index contributed by atoms with van der Waals surface area (Å²) in [7, 11) is 0. The molecular formula is C7H8S. The Labute approximate surface area is 54.2 Å². The summed E-state index contributed by atoms with van der Waals surface area (Å²) in [6, 6.07) is 4.12. The van der Waals surface area contributed by atoms with Gasteiger partial charge in [0.2, 0.25) is 0 Å². The summed E-state index contributed by atoms with van der Waals surface area (Å²) < 4.78 is 0. The maximum absolute atomic E-state index is 3.21. The first-order valence-corrected chi connectivity index (χ1v) is 3.59. The molecule has 1 aromatic heterocycles. The summed E-state index contributed by atoms with van der Waals surface area (Å²) in [5.74, 6) is 0. The second-order valence-electron chi connectivity index (χ2n) is 1.51. The average Bonchev–Trinajstić information content (AvgIpc) is 2.19. The van der Waals surface area contributed by atoms with Crippen molar-refractivity contribution in [2.75, 3.05) is 0 Å². The zero-order valence-corrected chi connectivity index (χ0v) is 5.66. The second-order valence-corrected chi connectivity index (χ2v) is 2.46. The van der Waals surface area contributed by atoms with E-state index in [1.54, 1.807) is 11.3 Å². The monoisotopic (exact) mass is 124 g/mol. The van der Waals surface area contributed by atoms with Crippen molar-refractivity contribution in [3.05, 3.63) is 28.8 Å². The van der Waals surface area contributed by atoms with Gasteiger partial charge >= 0.3 is 0 Å². The van der Waals surface area contributed by atoms with Gasteiger partial charge in [-0.2, -0.15) is 0 Å². The van der Waals surface area contributed by atoms with Gasteiger partial charge in [-0.25, -0.2) is 0 Å². The molecule has 0 amide bonds. The van der Waals surface area contributed by atoms with Crippen LogP contribution in [0.1, 0.15) is 18.2 Å². The van der Waals surface area contributed by atoms with Crippen LogP contribution in [0.2, 0.25) is 0 Å². The maximum Gasteiger partial charge on any atom is 0.0272 e. The zero-order chi connectivity index (χ0) is 5.82. The van der Waals surface area contributed by atoms with Crippen molar-refractivity contribution in [1.29, 1.82) is 0 Å². The summed E-state index contributed by atoms with van der Waals surface area (Å²) in [6.45, 7) is 2.10. The van der Waals surface area contributed by atoms with E-state index >= 15 is 0 Å². The van der Waals surface area contributed by atoms with Gasteiger partial charge < -0.3 is 0 Å². The Morgan fingerprint density at radius 3 is 3.12 bits per heavy atom. The summed E-state index contributed by atoms with van der Waals surface area (Å²) in [4.78, 5) is 1.26. The van der Waals surface area contributed by atoms with E-state index in [9.17, 15) is 0 Å². The number of hydrogen-bond donors (Lipinski definition) is 0. The first-order chi connectivity index (χ1) is 3.93. The van der Waals surface area contributed by atoms with Crippen LogP contribution >= 0.6 is 11.3 Å². The molecule has 0 nitrogen and oxygen atoms in total. The lowest BCUT2D eigenvalue weighted by Crippen LogP contribution is -1.67. The molecule has 0 atom stereocenters. The number of rotatable bonds is 2. The molecule has 1 heteroatoms. The predicted octanol–water partition coefficient (Wildman–Crippen LogP) is 2.59. The van der Waals surface area contributed by atoms with Crippen LogP contribution in [0.25, 0.3) is 0 Å². The molecule has 1 rings (SSSR count). The van der Waals surface area contributed by atoms with Gasteiger partial charge in [0.15, 0.2) is 0 Å². The van der Waals surface area contributed by atoms with Gasteiger partial charge in [-0.15, -0.1) is 11.3 Å². The normalized spacial score (nSPS) is 9.62. The van der Waals surface area contributed by atoms with E-state index in [4.69, 9.17) is 0 Å². The van der Waals surface area contributed by atoms with Crippen molar-refractivity contribution in [2.45, 2.75) is 13.3 Å². The molecule has 0 saturated carbocycles. The van der Waals surface area contributed by atoms with Gasteiger partial charge in [-0.1, -0.05) is 13.0 Å². The van der Waals surface area contributed by atoms with Gasteiger partial charge in [0.1, 0.15) is 0 Å². The van der Waals surface area contributed by atoms with Crippen LogP contribution < -0.4 is 0 Å². The summed E-state index contributed by atoms with van der Waals surface area (Å²) in [6.07, 6.45) is 4.22. The Morgan fingerprint density at radius 1 is 1.75 bits per heavy atom. The number of hydrogen-bond acceptors (Lipinski definition) is 1. The van der Waals surface area contributed by atoms with E-state index in [2.05, 4.69) is 24.8 Å². The van der Waals surface area contributed by atoms with Gasteiger partial charge in [-0.05, 0) is 17.9 Å². The molecular weight excluding hydrogens is 116 g/mol. The molecule has 8 heavy (non-hydrogen) atoms. The Kier molecular flexibility index (Phi) is 2.10. The van der Waals surface area contributed by atoms with E-state index in [-0.39, 0.29) is 0 Å². The van der Waals surface area contributed by atoms with Crippen LogP contribution in [0.5, 0.6) is 0 Å². The molecule has 0 fully saturated rings. The highest BCUT2D eigenvalue weighted by Crippen LogP contribution is 2.11. The molecule has 42 valence electrons. The minimum Gasteiger partial charge on any atom is -0.148 e. The molecule has 0 bridgehead atoms. The van der Waals surface area contributed by atoms with Crippen molar-refractivity contribution >= 4 is 11.3 Å². The largest absolute Gasteiger partial charge is 0.148 e. The van der Waals surface area contributed by atoms with E-state index < -0.39 is 0 Å². The lowest BCUT2D eigenvalue weighted by Gasteiger charge is -1.84. The molecule has 0 saturated heterocycles.